The first kappa shape index (κ1) is 10.5. The summed E-state index contributed by atoms with van der Waals surface area (Å²) in [6, 6.07) is 7.17. The third-order valence-electron chi connectivity index (χ3n) is 1.78. The molecule has 0 saturated carbocycles. The van der Waals surface area contributed by atoms with Gasteiger partial charge in [-0.3, -0.25) is 0 Å². The Kier molecular flexibility index (Phi) is 3.48. The van der Waals surface area contributed by atoms with Crippen LogP contribution in [-0.4, -0.2) is 21.3 Å². The molecule has 0 spiro atoms. The minimum atomic E-state index is -0.248. The van der Waals surface area contributed by atoms with Crippen molar-refractivity contribution in [3.63, 3.8) is 0 Å². The summed E-state index contributed by atoms with van der Waals surface area (Å²) in [5.74, 6) is 0. The number of nitrogens with zero attached hydrogens (tertiary/aromatic N) is 2. The first-order chi connectivity index (χ1) is 6.70. The van der Waals surface area contributed by atoms with Crippen molar-refractivity contribution in [3.05, 3.63) is 35.4 Å². The van der Waals surface area contributed by atoms with Gasteiger partial charge in [-0.05, 0) is 12.5 Å². The predicted molar refractivity (Wildman–Crippen MR) is 54.6 cm³/mol. The predicted octanol–water partition coefficient (Wildman–Crippen LogP) is 2.20. The average Bonchev–Trinajstić information content (AvgIpc) is 2.21. The Balaban J connectivity index is 3.22. The molecule has 4 nitrogen and oxygen atoms in total. The van der Waals surface area contributed by atoms with Gasteiger partial charge in [0.25, 0.3) is 0 Å². The van der Waals surface area contributed by atoms with Crippen LogP contribution in [0, 0.1) is 6.92 Å². The maximum atomic E-state index is 8.72. The highest BCUT2D eigenvalue weighted by molar-refractivity contribution is 6.85. The monoisotopic (exact) mass is 212 g/mol. The number of oxime groups is 2. The molecule has 14 heavy (non-hydrogen) atoms. The van der Waals surface area contributed by atoms with E-state index in [0.717, 1.165) is 5.56 Å². The van der Waals surface area contributed by atoms with E-state index in [1.807, 2.05) is 19.1 Å². The number of hydrogen-bond acceptors (Lipinski definition) is 4. The second-order valence-corrected chi connectivity index (χ2v) is 3.01. The van der Waals surface area contributed by atoms with Gasteiger partial charge in [0.05, 0.1) is 0 Å². The molecule has 0 saturated heterocycles. The van der Waals surface area contributed by atoms with Crippen molar-refractivity contribution < 1.29 is 10.4 Å². The van der Waals surface area contributed by atoms with E-state index in [1.165, 1.54) is 0 Å². The molecule has 0 radical (unpaired) electrons. The lowest BCUT2D eigenvalue weighted by Gasteiger charge is -2.04. The van der Waals surface area contributed by atoms with Crippen LogP contribution in [0.5, 0.6) is 0 Å². The van der Waals surface area contributed by atoms with E-state index in [-0.39, 0.29) is 10.9 Å². The zero-order valence-electron chi connectivity index (χ0n) is 7.48. The van der Waals surface area contributed by atoms with Crippen LogP contribution in [0.3, 0.4) is 0 Å². The molecule has 0 aliphatic heterocycles. The van der Waals surface area contributed by atoms with Crippen LogP contribution in [0.25, 0.3) is 0 Å². The summed E-state index contributed by atoms with van der Waals surface area (Å²) in [7, 11) is 0. The third-order valence-corrected chi connectivity index (χ3v) is 2.04. The second-order valence-electron chi connectivity index (χ2n) is 2.65. The van der Waals surface area contributed by atoms with E-state index in [2.05, 4.69) is 10.3 Å². The smallest absolute Gasteiger partial charge is 0.197 e. The molecule has 0 fully saturated rings. The molecule has 1 aromatic carbocycles. The number of halogens is 1. The van der Waals surface area contributed by atoms with E-state index in [4.69, 9.17) is 22.0 Å². The van der Waals surface area contributed by atoms with Gasteiger partial charge < -0.3 is 10.4 Å². The SMILES string of the molecule is Cc1ccccc1C(=NO)C(Cl)=NO. The third kappa shape index (κ3) is 2.03. The lowest BCUT2D eigenvalue weighted by Crippen LogP contribution is -2.11. The van der Waals surface area contributed by atoms with E-state index in [9.17, 15) is 0 Å². The van der Waals surface area contributed by atoms with Crippen molar-refractivity contribution in [1.82, 2.24) is 0 Å². The Morgan fingerprint density at radius 1 is 1.21 bits per heavy atom. The lowest BCUT2D eigenvalue weighted by atomic mass is 10.1. The van der Waals surface area contributed by atoms with E-state index < -0.39 is 0 Å². The highest BCUT2D eigenvalue weighted by atomic mass is 35.5. The molecule has 0 aliphatic carbocycles. The topological polar surface area (TPSA) is 65.2 Å². The fourth-order valence-electron chi connectivity index (χ4n) is 1.09. The Hall–Kier alpha value is -1.55. The highest BCUT2D eigenvalue weighted by Crippen LogP contribution is 2.10. The molecule has 0 unspecified atom stereocenters. The summed E-state index contributed by atoms with van der Waals surface area (Å²) < 4.78 is 0. The zero-order chi connectivity index (χ0) is 10.6. The number of rotatable bonds is 2. The Morgan fingerprint density at radius 3 is 2.36 bits per heavy atom. The summed E-state index contributed by atoms with van der Waals surface area (Å²) in [5, 5.41) is 22.7. The minimum Gasteiger partial charge on any atom is -0.410 e. The Labute approximate surface area is 86.1 Å². The van der Waals surface area contributed by atoms with Crippen LogP contribution in [0.2, 0.25) is 0 Å². The molecule has 5 heteroatoms. The Morgan fingerprint density at radius 2 is 1.86 bits per heavy atom. The normalized spacial score (nSPS) is 13.0. The first-order valence-electron chi connectivity index (χ1n) is 3.86. The van der Waals surface area contributed by atoms with Gasteiger partial charge in [0.2, 0.25) is 0 Å². The van der Waals surface area contributed by atoms with Crippen LogP contribution in [0.1, 0.15) is 11.1 Å². The molecular formula is C9H9ClN2O2. The van der Waals surface area contributed by atoms with Crippen LogP contribution in [-0.2, 0) is 0 Å². The van der Waals surface area contributed by atoms with Gasteiger partial charge in [0.15, 0.2) is 10.9 Å². The molecule has 0 aliphatic rings. The number of benzene rings is 1. The van der Waals surface area contributed by atoms with Gasteiger partial charge in [-0.1, -0.05) is 46.2 Å². The Bertz CT molecular complexity index is 388. The van der Waals surface area contributed by atoms with Crippen molar-refractivity contribution in [2.24, 2.45) is 10.3 Å². The van der Waals surface area contributed by atoms with Crippen LogP contribution < -0.4 is 0 Å². The van der Waals surface area contributed by atoms with Crippen molar-refractivity contribution in [3.8, 4) is 0 Å². The summed E-state index contributed by atoms with van der Waals surface area (Å²) in [5.41, 5.74) is 1.55. The molecule has 2 N–H and O–H groups in total. The fraction of sp³-hybridized carbons (Fsp3) is 0.111. The molecule has 0 heterocycles. The zero-order valence-corrected chi connectivity index (χ0v) is 8.23. The summed E-state index contributed by atoms with van der Waals surface area (Å²) >= 11 is 5.55. The molecule has 0 atom stereocenters. The lowest BCUT2D eigenvalue weighted by molar-refractivity contribution is 0.315. The van der Waals surface area contributed by atoms with Gasteiger partial charge in [0.1, 0.15) is 0 Å². The van der Waals surface area contributed by atoms with Gasteiger partial charge in [-0.2, -0.15) is 0 Å². The van der Waals surface area contributed by atoms with Crippen molar-refractivity contribution in [1.29, 1.82) is 0 Å². The maximum absolute atomic E-state index is 8.72. The molecule has 0 bridgehead atoms. The van der Waals surface area contributed by atoms with Crippen LogP contribution >= 0.6 is 11.6 Å². The summed E-state index contributed by atoms with van der Waals surface area (Å²) in [4.78, 5) is 0. The van der Waals surface area contributed by atoms with Crippen LogP contribution in [0.4, 0.5) is 0 Å². The molecule has 0 aromatic heterocycles. The van der Waals surface area contributed by atoms with Crippen LogP contribution in [0.15, 0.2) is 34.6 Å². The number of hydrogen-bond donors (Lipinski definition) is 2. The van der Waals surface area contributed by atoms with E-state index in [0.29, 0.717) is 5.56 Å². The molecule has 1 aromatic rings. The number of aryl methyl sites for hydroxylation is 1. The van der Waals surface area contributed by atoms with Gasteiger partial charge in [-0.15, -0.1) is 0 Å². The van der Waals surface area contributed by atoms with E-state index >= 15 is 0 Å². The molecule has 74 valence electrons. The van der Waals surface area contributed by atoms with Gasteiger partial charge in [-0.25, -0.2) is 0 Å². The molecule has 1 rings (SSSR count). The summed E-state index contributed by atoms with van der Waals surface area (Å²) in [6.45, 7) is 1.84. The standard InChI is InChI=1S/C9H9ClN2O2/c1-6-4-2-3-5-7(6)8(11-13)9(10)12-14/h2-5,13-14H,1H3. The van der Waals surface area contributed by atoms with E-state index in [1.54, 1.807) is 12.1 Å². The minimum absolute atomic E-state index is 0.0484. The maximum Gasteiger partial charge on any atom is 0.197 e. The van der Waals surface area contributed by atoms with Gasteiger partial charge >= 0.3 is 0 Å². The first-order valence-corrected chi connectivity index (χ1v) is 4.24. The molecular weight excluding hydrogens is 204 g/mol. The van der Waals surface area contributed by atoms with Gasteiger partial charge in [0, 0.05) is 5.56 Å². The van der Waals surface area contributed by atoms with Crippen molar-refractivity contribution >= 4 is 22.5 Å². The highest BCUT2D eigenvalue weighted by Gasteiger charge is 2.12. The van der Waals surface area contributed by atoms with Crippen molar-refractivity contribution in [2.75, 3.05) is 0 Å². The largest absolute Gasteiger partial charge is 0.410 e. The second kappa shape index (κ2) is 4.62. The fourth-order valence-corrected chi connectivity index (χ4v) is 1.23. The van der Waals surface area contributed by atoms with Crippen molar-refractivity contribution in [2.45, 2.75) is 6.92 Å². The molecule has 0 amide bonds. The average molecular weight is 213 g/mol. The quantitative estimate of drug-likeness (QED) is 0.448. The summed E-state index contributed by atoms with van der Waals surface area (Å²) in [6.07, 6.45) is 0.